The second-order valence-corrected chi connectivity index (χ2v) is 5.85. The van der Waals surface area contributed by atoms with Crippen LogP contribution < -0.4 is 4.90 Å². The van der Waals surface area contributed by atoms with Crippen molar-refractivity contribution < 1.29 is 8.78 Å². The minimum atomic E-state index is -0.661. The fourth-order valence-electron chi connectivity index (χ4n) is 3.31. The Labute approximate surface area is 138 Å². The smallest absolute Gasteiger partial charge is 0.213 e. The van der Waals surface area contributed by atoms with Crippen LogP contribution >= 0.6 is 0 Å². The Morgan fingerprint density at radius 2 is 1.92 bits per heavy atom. The molecule has 4 nitrogen and oxygen atoms in total. The van der Waals surface area contributed by atoms with Gasteiger partial charge in [-0.2, -0.15) is 9.49 Å². The predicted octanol–water partition coefficient (Wildman–Crippen LogP) is 4.09. The van der Waals surface area contributed by atoms with Gasteiger partial charge in [-0.3, -0.25) is 5.10 Å². The number of aromatic nitrogens is 3. The van der Waals surface area contributed by atoms with Gasteiger partial charge in [0.2, 0.25) is 5.95 Å². The number of nitrogens with zero attached hydrogens (tertiary/aromatic N) is 3. The third kappa shape index (κ3) is 2.54. The molecule has 1 saturated heterocycles. The first-order valence-electron chi connectivity index (χ1n) is 7.91. The van der Waals surface area contributed by atoms with Crippen LogP contribution in [0.25, 0.3) is 11.1 Å². The molecule has 6 heteroatoms. The van der Waals surface area contributed by atoms with Crippen LogP contribution in [0.4, 0.5) is 14.6 Å². The van der Waals surface area contributed by atoms with Gasteiger partial charge in [-0.1, -0.05) is 30.3 Å². The van der Waals surface area contributed by atoms with E-state index in [-0.39, 0.29) is 11.7 Å². The number of anilines is 1. The average molecular weight is 326 g/mol. The zero-order chi connectivity index (χ0) is 16.5. The van der Waals surface area contributed by atoms with Crippen LogP contribution in [-0.2, 0) is 0 Å². The summed E-state index contributed by atoms with van der Waals surface area (Å²) in [6, 6.07) is 11.8. The lowest BCUT2D eigenvalue weighted by Crippen LogP contribution is -2.25. The van der Waals surface area contributed by atoms with Gasteiger partial charge < -0.3 is 4.90 Å². The fourth-order valence-corrected chi connectivity index (χ4v) is 3.31. The summed E-state index contributed by atoms with van der Waals surface area (Å²) in [7, 11) is 0. The molecule has 3 aromatic rings. The SMILES string of the molecule is Fc1ccc(F)c([C@H]2CCCN2c2[nH]ncc2-c2ccccc2)n1. The summed E-state index contributed by atoms with van der Waals surface area (Å²) < 4.78 is 27.7. The van der Waals surface area contributed by atoms with Crippen LogP contribution in [0.1, 0.15) is 24.6 Å². The summed E-state index contributed by atoms with van der Waals surface area (Å²) in [5.41, 5.74) is 2.12. The Kier molecular flexibility index (Phi) is 3.72. The Balaban J connectivity index is 1.75. The molecule has 2 aromatic heterocycles. The molecule has 1 aromatic carbocycles. The summed E-state index contributed by atoms with van der Waals surface area (Å²) in [4.78, 5) is 5.83. The van der Waals surface area contributed by atoms with Crippen molar-refractivity contribution in [3.05, 3.63) is 66.1 Å². The molecule has 0 amide bonds. The normalized spacial score (nSPS) is 17.4. The van der Waals surface area contributed by atoms with Gasteiger partial charge in [0, 0.05) is 12.1 Å². The molecule has 1 atom stereocenters. The molecule has 0 unspecified atom stereocenters. The van der Waals surface area contributed by atoms with Crippen molar-refractivity contribution in [2.75, 3.05) is 11.4 Å². The molecule has 0 spiro atoms. The molecule has 3 heterocycles. The molecule has 24 heavy (non-hydrogen) atoms. The standard InChI is InChI=1S/C18H16F2N4/c19-14-8-9-16(20)22-17(14)15-7-4-10-24(15)18-13(11-21-23-18)12-5-2-1-3-6-12/h1-3,5-6,8-9,11,15H,4,7,10H2,(H,21,23)/t15-/m1/s1. The van der Waals surface area contributed by atoms with Gasteiger partial charge in [0.15, 0.2) is 0 Å². The van der Waals surface area contributed by atoms with E-state index in [1.165, 1.54) is 0 Å². The van der Waals surface area contributed by atoms with Gasteiger partial charge in [-0.25, -0.2) is 9.37 Å². The van der Waals surface area contributed by atoms with E-state index in [2.05, 4.69) is 15.2 Å². The van der Waals surface area contributed by atoms with E-state index in [0.29, 0.717) is 0 Å². The molecule has 0 radical (unpaired) electrons. The third-order valence-electron chi connectivity index (χ3n) is 4.40. The molecule has 4 rings (SSSR count). The van der Waals surface area contributed by atoms with Gasteiger partial charge in [0.05, 0.1) is 12.2 Å². The second kappa shape index (κ2) is 6.03. The number of rotatable bonds is 3. The summed E-state index contributed by atoms with van der Waals surface area (Å²) in [6.07, 6.45) is 3.37. The van der Waals surface area contributed by atoms with Gasteiger partial charge in [-0.15, -0.1) is 0 Å². The Bertz CT molecular complexity index is 847. The Morgan fingerprint density at radius 3 is 2.75 bits per heavy atom. The lowest BCUT2D eigenvalue weighted by Gasteiger charge is -2.26. The van der Waals surface area contributed by atoms with Crippen molar-refractivity contribution in [2.45, 2.75) is 18.9 Å². The molecule has 0 saturated carbocycles. The fraction of sp³-hybridized carbons (Fsp3) is 0.222. The highest BCUT2D eigenvalue weighted by Crippen LogP contribution is 2.39. The molecule has 1 aliphatic heterocycles. The summed E-state index contributed by atoms with van der Waals surface area (Å²) in [6.45, 7) is 0.740. The largest absolute Gasteiger partial charge is 0.348 e. The quantitative estimate of drug-likeness (QED) is 0.737. The highest BCUT2D eigenvalue weighted by molar-refractivity contribution is 5.75. The molecule has 0 aliphatic carbocycles. The number of H-pyrrole nitrogens is 1. The van der Waals surface area contributed by atoms with E-state index in [9.17, 15) is 8.78 Å². The van der Waals surface area contributed by atoms with Gasteiger partial charge in [0.25, 0.3) is 0 Å². The predicted molar refractivity (Wildman–Crippen MR) is 87.5 cm³/mol. The number of hydrogen-bond acceptors (Lipinski definition) is 3. The molecule has 1 aliphatic rings. The molecular formula is C18H16F2N4. The van der Waals surface area contributed by atoms with Crippen LogP contribution in [0.2, 0.25) is 0 Å². The monoisotopic (exact) mass is 326 g/mol. The summed E-state index contributed by atoms with van der Waals surface area (Å²) in [5.74, 6) is -0.325. The van der Waals surface area contributed by atoms with Crippen molar-refractivity contribution in [3.8, 4) is 11.1 Å². The molecule has 0 bridgehead atoms. The van der Waals surface area contributed by atoms with Crippen molar-refractivity contribution in [1.29, 1.82) is 0 Å². The Hall–Kier alpha value is -2.76. The zero-order valence-electron chi connectivity index (χ0n) is 12.9. The van der Waals surface area contributed by atoms with Crippen LogP contribution in [0, 0.1) is 11.8 Å². The van der Waals surface area contributed by atoms with Crippen LogP contribution in [0.15, 0.2) is 48.7 Å². The van der Waals surface area contributed by atoms with E-state index in [1.807, 2.05) is 35.2 Å². The second-order valence-electron chi connectivity index (χ2n) is 5.85. The molecule has 122 valence electrons. The number of hydrogen-bond donors (Lipinski definition) is 1. The first-order chi connectivity index (χ1) is 11.7. The summed E-state index contributed by atoms with van der Waals surface area (Å²) in [5, 5.41) is 7.17. The lowest BCUT2D eigenvalue weighted by atomic mass is 10.1. The Morgan fingerprint density at radius 1 is 1.08 bits per heavy atom. The lowest BCUT2D eigenvalue weighted by molar-refractivity contribution is 0.518. The third-order valence-corrected chi connectivity index (χ3v) is 4.40. The van der Waals surface area contributed by atoms with Crippen molar-refractivity contribution in [1.82, 2.24) is 15.2 Å². The van der Waals surface area contributed by atoms with Gasteiger partial charge in [-0.05, 0) is 30.5 Å². The summed E-state index contributed by atoms with van der Waals surface area (Å²) >= 11 is 0. The van der Waals surface area contributed by atoms with Crippen molar-refractivity contribution >= 4 is 5.82 Å². The maximum absolute atomic E-state index is 14.2. The number of pyridine rings is 1. The maximum Gasteiger partial charge on any atom is 0.213 e. The number of halogens is 2. The number of aromatic amines is 1. The molecule has 1 N–H and O–H groups in total. The van der Waals surface area contributed by atoms with E-state index in [0.717, 1.165) is 48.5 Å². The average Bonchev–Trinajstić information content (AvgIpc) is 3.26. The van der Waals surface area contributed by atoms with E-state index in [4.69, 9.17) is 0 Å². The topological polar surface area (TPSA) is 44.8 Å². The van der Waals surface area contributed by atoms with E-state index >= 15 is 0 Å². The highest BCUT2D eigenvalue weighted by Gasteiger charge is 2.32. The van der Waals surface area contributed by atoms with Gasteiger partial charge in [0.1, 0.15) is 17.3 Å². The first kappa shape index (κ1) is 14.8. The van der Waals surface area contributed by atoms with Crippen LogP contribution in [-0.4, -0.2) is 21.7 Å². The first-order valence-corrected chi connectivity index (χ1v) is 7.91. The zero-order valence-corrected chi connectivity index (χ0v) is 12.9. The number of benzene rings is 1. The van der Waals surface area contributed by atoms with E-state index in [1.54, 1.807) is 6.20 Å². The highest BCUT2D eigenvalue weighted by atomic mass is 19.1. The van der Waals surface area contributed by atoms with Crippen molar-refractivity contribution in [2.24, 2.45) is 0 Å². The van der Waals surface area contributed by atoms with Crippen LogP contribution in [0.5, 0.6) is 0 Å². The number of nitrogens with one attached hydrogen (secondary N) is 1. The molecular weight excluding hydrogens is 310 g/mol. The van der Waals surface area contributed by atoms with Crippen molar-refractivity contribution in [3.63, 3.8) is 0 Å². The van der Waals surface area contributed by atoms with Crippen LogP contribution in [0.3, 0.4) is 0 Å². The van der Waals surface area contributed by atoms with E-state index < -0.39 is 11.8 Å². The minimum absolute atomic E-state index is 0.154. The van der Waals surface area contributed by atoms with Gasteiger partial charge >= 0.3 is 0 Å². The maximum atomic E-state index is 14.2. The molecule has 1 fully saturated rings. The minimum Gasteiger partial charge on any atom is -0.348 e.